The molecule has 1 aliphatic rings. The van der Waals surface area contributed by atoms with Crippen LogP contribution in [0.2, 0.25) is 0 Å². The van der Waals surface area contributed by atoms with Crippen LogP contribution in [0.3, 0.4) is 0 Å². The molecule has 1 fully saturated rings. The summed E-state index contributed by atoms with van der Waals surface area (Å²) in [6, 6.07) is 11.0. The lowest BCUT2D eigenvalue weighted by Crippen LogP contribution is -2.48. The van der Waals surface area contributed by atoms with E-state index in [-0.39, 0.29) is 11.2 Å². The quantitative estimate of drug-likeness (QED) is 0.473. The third-order valence-corrected chi connectivity index (χ3v) is 6.28. The molecule has 6 nitrogen and oxygen atoms in total. The van der Waals surface area contributed by atoms with E-state index in [9.17, 15) is 8.42 Å². The van der Waals surface area contributed by atoms with Crippen LogP contribution in [-0.4, -0.2) is 63.5 Å². The fourth-order valence-corrected chi connectivity index (χ4v) is 4.35. The number of guanidine groups is 1. The second-order valence-electron chi connectivity index (χ2n) is 8.92. The molecule has 0 spiro atoms. The summed E-state index contributed by atoms with van der Waals surface area (Å²) in [5, 5.41) is 6.91. The van der Waals surface area contributed by atoms with E-state index >= 15 is 0 Å². The van der Waals surface area contributed by atoms with Crippen molar-refractivity contribution in [2.45, 2.75) is 52.6 Å². The Kier molecular flexibility index (Phi) is 8.96. The predicted octanol–water partition coefficient (Wildman–Crippen LogP) is 2.67. The van der Waals surface area contributed by atoms with Gasteiger partial charge in [0.25, 0.3) is 0 Å². The number of hydrogen-bond acceptors (Lipinski definition) is 4. The Morgan fingerprint density at radius 2 is 1.86 bits per heavy atom. The SMILES string of the molecule is CCNC(=NCC(C)(C)CCS(C)(=O)=O)NC1CCN(Cc2ccccc2)CC1. The van der Waals surface area contributed by atoms with Crippen LogP contribution in [0.4, 0.5) is 0 Å². The number of hydrogen-bond donors (Lipinski definition) is 2. The first kappa shape index (κ1) is 23.7. The van der Waals surface area contributed by atoms with Gasteiger partial charge in [0.15, 0.2) is 5.96 Å². The molecule has 0 saturated carbocycles. The van der Waals surface area contributed by atoms with Gasteiger partial charge in [-0.3, -0.25) is 9.89 Å². The van der Waals surface area contributed by atoms with Crippen molar-refractivity contribution >= 4 is 15.8 Å². The first-order valence-electron chi connectivity index (χ1n) is 10.7. The smallest absolute Gasteiger partial charge is 0.191 e. The zero-order valence-corrected chi connectivity index (χ0v) is 19.3. The molecule has 2 N–H and O–H groups in total. The Labute approximate surface area is 177 Å². The van der Waals surface area contributed by atoms with Crippen LogP contribution in [-0.2, 0) is 16.4 Å². The molecule has 1 heterocycles. The number of sulfone groups is 1. The summed E-state index contributed by atoms with van der Waals surface area (Å²) in [5.41, 5.74) is 1.22. The highest BCUT2D eigenvalue weighted by Gasteiger charge is 2.22. The van der Waals surface area contributed by atoms with Crippen LogP contribution < -0.4 is 10.6 Å². The number of aliphatic imine (C=N–C) groups is 1. The Hall–Kier alpha value is -1.60. The van der Waals surface area contributed by atoms with E-state index < -0.39 is 9.84 Å². The fraction of sp³-hybridized carbons (Fsp3) is 0.682. The van der Waals surface area contributed by atoms with E-state index in [2.05, 4.69) is 66.6 Å². The van der Waals surface area contributed by atoms with Gasteiger partial charge < -0.3 is 10.6 Å². The average molecular weight is 423 g/mol. The van der Waals surface area contributed by atoms with E-state index in [0.29, 0.717) is 19.0 Å². The van der Waals surface area contributed by atoms with E-state index in [4.69, 9.17) is 4.99 Å². The molecule has 2 rings (SSSR count). The zero-order chi connectivity index (χ0) is 21.3. The van der Waals surface area contributed by atoms with Crippen molar-refractivity contribution in [3.63, 3.8) is 0 Å². The summed E-state index contributed by atoms with van der Waals surface area (Å²) in [4.78, 5) is 7.26. The first-order chi connectivity index (χ1) is 13.7. The molecule has 1 aliphatic heterocycles. The average Bonchev–Trinajstić information content (AvgIpc) is 2.67. The van der Waals surface area contributed by atoms with Gasteiger partial charge in [0.2, 0.25) is 0 Å². The Morgan fingerprint density at radius 1 is 1.21 bits per heavy atom. The van der Waals surface area contributed by atoms with Crippen molar-refractivity contribution in [3.8, 4) is 0 Å². The van der Waals surface area contributed by atoms with Crippen molar-refractivity contribution in [2.24, 2.45) is 10.4 Å². The Balaban J connectivity index is 1.83. The largest absolute Gasteiger partial charge is 0.357 e. The van der Waals surface area contributed by atoms with Crippen molar-refractivity contribution in [1.82, 2.24) is 15.5 Å². The maximum Gasteiger partial charge on any atom is 0.191 e. The Morgan fingerprint density at radius 3 is 2.45 bits per heavy atom. The summed E-state index contributed by atoms with van der Waals surface area (Å²) in [6.45, 7) is 10.8. The lowest BCUT2D eigenvalue weighted by Gasteiger charge is -2.33. The van der Waals surface area contributed by atoms with Crippen LogP contribution >= 0.6 is 0 Å². The van der Waals surface area contributed by atoms with E-state index in [0.717, 1.165) is 45.0 Å². The number of rotatable bonds is 9. The Bertz CT molecular complexity index is 739. The summed E-state index contributed by atoms with van der Waals surface area (Å²) in [5.74, 6) is 1.04. The van der Waals surface area contributed by atoms with Gasteiger partial charge in [0.05, 0.1) is 5.75 Å². The maximum atomic E-state index is 11.5. The van der Waals surface area contributed by atoms with Gasteiger partial charge in [-0.25, -0.2) is 8.42 Å². The topological polar surface area (TPSA) is 73.8 Å². The first-order valence-corrected chi connectivity index (χ1v) is 12.7. The third kappa shape index (κ3) is 9.63. The molecule has 1 aromatic rings. The lowest BCUT2D eigenvalue weighted by atomic mass is 9.90. The highest BCUT2D eigenvalue weighted by atomic mass is 32.2. The minimum Gasteiger partial charge on any atom is -0.357 e. The van der Waals surface area contributed by atoms with Gasteiger partial charge in [-0.2, -0.15) is 0 Å². The number of nitrogens with one attached hydrogen (secondary N) is 2. The second kappa shape index (κ2) is 11.0. The van der Waals surface area contributed by atoms with Crippen LogP contribution in [0.1, 0.15) is 45.6 Å². The molecule has 0 aromatic heterocycles. The molecule has 0 aliphatic carbocycles. The van der Waals surface area contributed by atoms with Crippen LogP contribution in [0.5, 0.6) is 0 Å². The molecule has 0 atom stereocenters. The molecule has 0 unspecified atom stereocenters. The number of benzene rings is 1. The van der Waals surface area contributed by atoms with Gasteiger partial charge in [0, 0.05) is 45.0 Å². The van der Waals surface area contributed by atoms with Gasteiger partial charge in [-0.1, -0.05) is 44.2 Å². The minimum absolute atomic E-state index is 0.148. The lowest BCUT2D eigenvalue weighted by molar-refractivity contribution is 0.198. The van der Waals surface area contributed by atoms with E-state index in [1.807, 2.05) is 0 Å². The van der Waals surface area contributed by atoms with Gasteiger partial charge in [0.1, 0.15) is 9.84 Å². The molecule has 1 aromatic carbocycles. The van der Waals surface area contributed by atoms with Crippen LogP contribution in [0.25, 0.3) is 0 Å². The minimum atomic E-state index is -2.94. The van der Waals surface area contributed by atoms with Gasteiger partial charge in [-0.15, -0.1) is 0 Å². The summed E-state index contributed by atoms with van der Waals surface area (Å²) < 4.78 is 22.9. The van der Waals surface area contributed by atoms with Gasteiger partial charge in [-0.05, 0) is 37.2 Å². The molecular weight excluding hydrogens is 384 g/mol. The summed E-state index contributed by atoms with van der Waals surface area (Å²) in [7, 11) is -2.94. The van der Waals surface area contributed by atoms with Crippen LogP contribution in [0.15, 0.2) is 35.3 Å². The van der Waals surface area contributed by atoms with E-state index in [1.165, 1.54) is 11.8 Å². The van der Waals surface area contributed by atoms with Crippen molar-refractivity contribution < 1.29 is 8.42 Å². The van der Waals surface area contributed by atoms with Crippen molar-refractivity contribution in [1.29, 1.82) is 0 Å². The fourth-order valence-electron chi connectivity index (χ4n) is 3.42. The zero-order valence-electron chi connectivity index (χ0n) is 18.4. The van der Waals surface area contributed by atoms with Crippen molar-refractivity contribution in [3.05, 3.63) is 35.9 Å². The van der Waals surface area contributed by atoms with E-state index in [1.54, 1.807) is 0 Å². The maximum absolute atomic E-state index is 11.5. The normalized spacial score (nSPS) is 17.3. The highest BCUT2D eigenvalue weighted by molar-refractivity contribution is 7.90. The second-order valence-corrected chi connectivity index (χ2v) is 11.2. The molecule has 0 radical (unpaired) electrons. The number of nitrogens with zero attached hydrogens (tertiary/aromatic N) is 2. The standard InChI is InChI=1S/C22H38N4O2S/c1-5-23-21(24-18-22(2,3)13-16-29(4,27)28)25-20-11-14-26(15-12-20)17-19-9-7-6-8-10-19/h6-10,20H,5,11-18H2,1-4H3,(H2,23,24,25). The molecule has 29 heavy (non-hydrogen) atoms. The van der Waals surface area contributed by atoms with Gasteiger partial charge >= 0.3 is 0 Å². The molecule has 7 heteroatoms. The monoisotopic (exact) mass is 422 g/mol. The molecule has 164 valence electrons. The highest BCUT2D eigenvalue weighted by Crippen LogP contribution is 2.21. The predicted molar refractivity (Wildman–Crippen MR) is 122 cm³/mol. The number of piperidine rings is 1. The third-order valence-electron chi connectivity index (χ3n) is 5.34. The summed E-state index contributed by atoms with van der Waals surface area (Å²) in [6.07, 6.45) is 4.10. The van der Waals surface area contributed by atoms with Crippen molar-refractivity contribution in [2.75, 3.05) is 38.2 Å². The molecule has 0 bridgehead atoms. The number of likely N-dealkylation sites (tertiary alicyclic amines) is 1. The van der Waals surface area contributed by atoms with Crippen LogP contribution in [0, 0.1) is 5.41 Å². The molecule has 1 saturated heterocycles. The summed E-state index contributed by atoms with van der Waals surface area (Å²) >= 11 is 0. The molecule has 0 amide bonds. The molecular formula is C22H38N4O2S.